The van der Waals surface area contributed by atoms with E-state index in [0.717, 1.165) is 183 Å². The predicted molar refractivity (Wildman–Crippen MR) is 589 cm³/mol. The fourth-order valence-electron chi connectivity index (χ4n) is 19.3. The Morgan fingerprint density at radius 1 is 0.127 bits per heavy atom. The van der Waals surface area contributed by atoms with Crippen LogP contribution in [0.15, 0.2) is 523 Å². The second-order valence-corrected chi connectivity index (χ2v) is 35.5. The number of benzene rings is 21. The Morgan fingerprint density at radius 2 is 0.373 bits per heavy atom. The van der Waals surface area contributed by atoms with Crippen molar-refractivity contribution in [1.29, 1.82) is 0 Å². The Kier molecular flexibility index (Phi) is 22.8. The lowest BCUT2D eigenvalue weighted by molar-refractivity contribution is 0.668. The zero-order valence-electron chi connectivity index (χ0n) is 76.4. The van der Waals surface area contributed by atoms with Gasteiger partial charge in [0.2, 0.25) is 0 Å². The molecule has 6 aromatic heterocycles. The first-order valence-corrected chi connectivity index (χ1v) is 47.4. The summed E-state index contributed by atoms with van der Waals surface area (Å²) in [5, 5.41) is 14.3. The molecule has 27 aromatic rings. The molecular formula is C133H88N6O3. The Hall–Kier alpha value is -19.0. The van der Waals surface area contributed by atoms with Gasteiger partial charge in [-0.3, -0.25) is 0 Å². The van der Waals surface area contributed by atoms with Gasteiger partial charge in [-0.2, -0.15) is 0 Å². The molecule has 27 rings (SSSR count). The number of fused-ring (bicyclic) bond motifs is 12. The number of para-hydroxylation sites is 3. The molecular weight excluding hydrogens is 1730 g/mol. The van der Waals surface area contributed by atoms with E-state index in [1.54, 1.807) is 0 Å². The van der Waals surface area contributed by atoms with Crippen LogP contribution in [-0.4, -0.2) is 29.9 Å². The summed E-state index contributed by atoms with van der Waals surface area (Å²) in [6.45, 7) is 0. The van der Waals surface area contributed by atoms with Crippen LogP contribution < -0.4 is 0 Å². The zero-order valence-corrected chi connectivity index (χ0v) is 76.4. The summed E-state index contributed by atoms with van der Waals surface area (Å²) in [4.78, 5) is 30.2. The largest absolute Gasteiger partial charge is 0.456 e. The third-order valence-corrected chi connectivity index (χ3v) is 26.7. The minimum atomic E-state index is 0. The van der Waals surface area contributed by atoms with Gasteiger partial charge in [-0.1, -0.05) is 432 Å². The smallest absolute Gasteiger partial charge is 0.160 e. The van der Waals surface area contributed by atoms with Gasteiger partial charge in [-0.15, -0.1) is 0 Å². The van der Waals surface area contributed by atoms with E-state index < -0.39 is 0 Å². The molecule has 0 saturated heterocycles. The summed E-state index contributed by atoms with van der Waals surface area (Å²) in [6, 6.07) is 178. The van der Waals surface area contributed by atoms with Crippen molar-refractivity contribution >= 4 is 98.1 Å². The maximum atomic E-state index is 6.15. The molecule has 9 heteroatoms. The number of hydrogen-bond donors (Lipinski definition) is 0. The van der Waals surface area contributed by atoms with Gasteiger partial charge >= 0.3 is 0 Å². The number of rotatable bonds is 15. The van der Waals surface area contributed by atoms with Gasteiger partial charge in [0.15, 0.2) is 17.5 Å². The first kappa shape index (κ1) is 85.9. The lowest BCUT2D eigenvalue weighted by Crippen LogP contribution is -1.96. The Morgan fingerprint density at radius 3 is 0.754 bits per heavy atom. The van der Waals surface area contributed by atoms with Crippen molar-refractivity contribution in [3.05, 3.63) is 510 Å². The van der Waals surface area contributed by atoms with Gasteiger partial charge in [0, 0.05) is 82.4 Å². The molecule has 6 heterocycles. The van der Waals surface area contributed by atoms with Crippen LogP contribution in [0, 0.1) is 0 Å². The maximum absolute atomic E-state index is 6.15. The van der Waals surface area contributed by atoms with Crippen molar-refractivity contribution in [1.82, 2.24) is 29.9 Å². The maximum Gasteiger partial charge on any atom is 0.160 e. The molecule has 9 nitrogen and oxygen atoms in total. The van der Waals surface area contributed by atoms with Crippen LogP contribution in [-0.2, 0) is 0 Å². The lowest BCUT2D eigenvalue weighted by atomic mass is 9.97. The van der Waals surface area contributed by atoms with E-state index in [-0.39, 0.29) is 7.43 Å². The van der Waals surface area contributed by atoms with E-state index in [0.29, 0.717) is 17.5 Å². The van der Waals surface area contributed by atoms with Crippen LogP contribution in [0.3, 0.4) is 0 Å². The van der Waals surface area contributed by atoms with E-state index >= 15 is 0 Å². The molecule has 142 heavy (non-hydrogen) atoms. The molecule has 0 unspecified atom stereocenters. The first-order chi connectivity index (χ1) is 69.8. The van der Waals surface area contributed by atoms with Gasteiger partial charge < -0.3 is 13.3 Å². The summed E-state index contributed by atoms with van der Waals surface area (Å²) in [5.41, 5.74) is 33.9. The number of furan rings is 3. The molecule has 21 aromatic carbocycles. The van der Waals surface area contributed by atoms with Crippen molar-refractivity contribution in [2.45, 2.75) is 7.43 Å². The highest BCUT2D eigenvalue weighted by atomic mass is 16.3. The fraction of sp³-hybridized carbons (Fsp3) is 0.00752. The van der Waals surface area contributed by atoms with Crippen molar-refractivity contribution in [2.75, 3.05) is 0 Å². The van der Waals surface area contributed by atoms with Crippen LogP contribution >= 0.6 is 0 Å². The molecule has 0 aliphatic rings. The van der Waals surface area contributed by atoms with E-state index in [1.807, 2.05) is 103 Å². The molecule has 0 saturated carbocycles. The van der Waals surface area contributed by atoms with E-state index in [2.05, 4.69) is 406 Å². The summed E-state index contributed by atoms with van der Waals surface area (Å²) < 4.78 is 18.3. The van der Waals surface area contributed by atoms with Crippen LogP contribution in [0.4, 0.5) is 0 Å². The van der Waals surface area contributed by atoms with E-state index in [9.17, 15) is 0 Å². The minimum Gasteiger partial charge on any atom is -0.456 e. The Bertz CT molecular complexity index is 9360. The van der Waals surface area contributed by atoms with E-state index in [1.165, 1.54) is 65.7 Å². The number of aromatic nitrogens is 6. The van der Waals surface area contributed by atoms with Crippen LogP contribution in [0.5, 0.6) is 0 Å². The fourth-order valence-corrected chi connectivity index (χ4v) is 19.3. The molecule has 0 bridgehead atoms. The molecule has 0 spiro atoms. The van der Waals surface area contributed by atoms with Crippen LogP contribution in [0.2, 0.25) is 0 Å². The number of hydrogen-bond acceptors (Lipinski definition) is 9. The zero-order chi connectivity index (χ0) is 93.5. The molecule has 668 valence electrons. The van der Waals surface area contributed by atoms with E-state index in [4.69, 9.17) is 43.2 Å². The SMILES string of the molecule is C.c1ccc(-c2nc(-c3ccc(-c4ccc5ccccc5c4)cc3)cc(-c3ccc(-c4ccc5c(c4)oc4ccccc45)cc3)n2)cc1.c1ccc(-c2nc(-c3ccc(-c4ccc5ccccc5c4)cc3)cc(-c3ccc(-c4ccc5oc6ccccc6c5c4)cc3)n2)cc1.c1ccc(-c2nc(-c3ccc(-c4ccc5ccccc5c4)cc3)cc(-c3ccc(-c4cccc5oc6ccccc6c45)cc3)n2)cc1. The monoisotopic (exact) mass is 1820 g/mol. The van der Waals surface area contributed by atoms with Crippen LogP contribution in [0.1, 0.15) is 7.43 Å². The standard InChI is InChI=1S/3C44H28N2O.CH4/c1-2-10-34(11-3-1)44-45-39(32-22-17-30(18-23-32)36-26-19-29-9-4-5-12-35(29)27-36)28-40(46-44)33-24-20-31(21-25-33)37-14-8-16-42-43(37)38-13-6-7-15-41(38)47-42;1-2-9-34(10-3-1)44-45-40(32-19-14-30(15-20-32)36-23-18-29-8-4-5-11-35(29)26-36)28-41(46-44)33-21-16-31(17-22-33)37-24-25-43-39(27-37)38-12-6-7-13-42(38)47-43;1-2-9-34(10-3-1)44-45-40(32-19-14-30(15-20-32)36-23-18-29-8-4-5-11-35(29)26-36)28-41(46-44)33-21-16-31(17-22-33)37-24-25-39-38-12-6-7-13-42(38)47-43(39)27-37;/h3*1-28H;1H4. The summed E-state index contributed by atoms with van der Waals surface area (Å²) in [7, 11) is 0. The van der Waals surface area contributed by atoms with Gasteiger partial charge in [0.25, 0.3) is 0 Å². The molecule has 0 fully saturated rings. The first-order valence-electron chi connectivity index (χ1n) is 47.4. The molecule has 0 N–H and O–H groups in total. The quantitative estimate of drug-likeness (QED) is 0.0989. The highest BCUT2D eigenvalue weighted by Gasteiger charge is 2.21. The lowest BCUT2D eigenvalue weighted by Gasteiger charge is -2.11. The normalized spacial score (nSPS) is 11.3. The molecule has 0 aliphatic heterocycles. The molecule has 0 aliphatic carbocycles. The molecule has 0 radical (unpaired) electrons. The van der Waals surface area contributed by atoms with Gasteiger partial charge in [0.05, 0.1) is 34.2 Å². The Balaban J connectivity index is 0.000000115. The topological polar surface area (TPSA) is 117 Å². The van der Waals surface area contributed by atoms with Crippen molar-refractivity contribution in [3.63, 3.8) is 0 Å². The molecule has 0 amide bonds. The molecule has 0 atom stereocenters. The predicted octanol–water partition coefficient (Wildman–Crippen LogP) is 36.2. The number of nitrogens with zero attached hydrogens (tertiary/aromatic N) is 6. The highest BCUT2D eigenvalue weighted by molar-refractivity contribution is 6.13. The van der Waals surface area contributed by atoms with Gasteiger partial charge in [-0.05, 0) is 184 Å². The highest BCUT2D eigenvalue weighted by Crippen LogP contribution is 2.43. The average Bonchev–Trinajstić information content (AvgIpc) is 1.60. The van der Waals surface area contributed by atoms with Crippen LogP contribution in [0.25, 0.3) is 267 Å². The van der Waals surface area contributed by atoms with Crippen molar-refractivity contribution < 1.29 is 13.3 Å². The third-order valence-electron chi connectivity index (χ3n) is 26.7. The van der Waals surface area contributed by atoms with Crippen molar-refractivity contribution in [2.24, 2.45) is 0 Å². The van der Waals surface area contributed by atoms with Crippen molar-refractivity contribution in [3.8, 4) is 168 Å². The summed E-state index contributed by atoms with van der Waals surface area (Å²) in [5.74, 6) is 2.12. The van der Waals surface area contributed by atoms with Gasteiger partial charge in [-0.25, -0.2) is 29.9 Å². The third kappa shape index (κ3) is 17.2. The average molecular weight is 1820 g/mol. The second kappa shape index (κ2) is 37.6. The second-order valence-electron chi connectivity index (χ2n) is 35.5. The summed E-state index contributed by atoms with van der Waals surface area (Å²) in [6.07, 6.45) is 0. The Labute approximate surface area is 821 Å². The summed E-state index contributed by atoms with van der Waals surface area (Å²) >= 11 is 0. The minimum absolute atomic E-state index is 0. The van der Waals surface area contributed by atoms with Gasteiger partial charge in [0.1, 0.15) is 33.5 Å².